The summed E-state index contributed by atoms with van der Waals surface area (Å²) in [6, 6.07) is 18.3. The predicted molar refractivity (Wildman–Crippen MR) is 108 cm³/mol. The van der Waals surface area contributed by atoms with E-state index in [2.05, 4.69) is 0 Å². The third kappa shape index (κ3) is 4.49. The Morgan fingerprint density at radius 2 is 1.79 bits per heavy atom. The highest BCUT2D eigenvalue weighted by Crippen LogP contribution is 2.38. The fourth-order valence-corrected chi connectivity index (χ4v) is 4.49. The number of carbonyl (C=O) groups is 1. The van der Waals surface area contributed by atoms with Crippen LogP contribution in [0.25, 0.3) is 0 Å². The topological polar surface area (TPSA) is 74.2 Å². The Hall–Kier alpha value is -1.90. The summed E-state index contributed by atoms with van der Waals surface area (Å²) in [6.45, 7) is 2.28. The molecule has 0 aromatic heterocycles. The van der Waals surface area contributed by atoms with Gasteiger partial charge in [0.1, 0.15) is 23.7 Å². The summed E-state index contributed by atoms with van der Waals surface area (Å²) < 4.78 is 23.7. The van der Waals surface area contributed by atoms with E-state index in [1.165, 1.54) is 11.8 Å². The standard InChI is InChI=1S/C22H24O6S/c1-2-29-22-19(27-20(24)14-9-5-3-6-10-14)17(23)18-16(26-22)13-25-21(28-18)15-11-7-4-8-12-15/h3-12,16-19,21-23H,2,13H2,1H3/t16-,17+,18-,19-,21-,22+/m1/s1. The van der Waals surface area contributed by atoms with Crippen molar-refractivity contribution in [2.45, 2.75) is 43.1 Å². The zero-order chi connectivity index (χ0) is 20.2. The predicted octanol–water partition coefficient (Wildman–Crippen LogP) is 3.17. The van der Waals surface area contributed by atoms with Crippen LogP contribution in [0.2, 0.25) is 0 Å². The third-order valence-corrected chi connectivity index (χ3v) is 6.01. The summed E-state index contributed by atoms with van der Waals surface area (Å²) in [5.41, 5.74) is 0.794. The first-order chi connectivity index (χ1) is 14.2. The van der Waals surface area contributed by atoms with Crippen LogP contribution in [0.15, 0.2) is 60.7 Å². The van der Waals surface area contributed by atoms with Crippen LogP contribution in [-0.2, 0) is 18.9 Å². The molecule has 2 aromatic rings. The van der Waals surface area contributed by atoms with E-state index in [-0.39, 0.29) is 0 Å². The van der Waals surface area contributed by atoms with Crippen molar-refractivity contribution in [3.63, 3.8) is 0 Å². The van der Waals surface area contributed by atoms with E-state index in [9.17, 15) is 9.90 Å². The second-order valence-electron chi connectivity index (χ2n) is 6.90. The number of rotatable bonds is 5. The molecule has 154 valence electrons. The summed E-state index contributed by atoms with van der Waals surface area (Å²) in [6.07, 6.45) is -3.56. The van der Waals surface area contributed by atoms with Crippen LogP contribution < -0.4 is 0 Å². The molecule has 0 radical (unpaired) electrons. The van der Waals surface area contributed by atoms with Gasteiger partial charge in [0.2, 0.25) is 0 Å². The monoisotopic (exact) mass is 416 g/mol. The number of ether oxygens (including phenoxy) is 4. The molecule has 7 heteroatoms. The van der Waals surface area contributed by atoms with Crippen LogP contribution in [0.4, 0.5) is 0 Å². The number of thioether (sulfide) groups is 1. The normalized spacial score (nSPS) is 31.7. The SMILES string of the molecule is CCS[C@@H]1O[C@@H]2CO[C@@H](c3ccccc3)O[C@H]2[C@H](O)[C@H]1OC(=O)c1ccccc1. The second-order valence-corrected chi connectivity index (χ2v) is 8.28. The lowest BCUT2D eigenvalue weighted by atomic mass is 9.98. The molecule has 6 atom stereocenters. The van der Waals surface area contributed by atoms with Gasteiger partial charge >= 0.3 is 5.97 Å². The quantitative estimate of drug-likeness (QED) is 0.751. The number of hydrogen-bond acceptors (Lipinski definition) is 7. The molecule has 0 saturated carbocycles. The molecule has 0 aliphatic carbocycles. The average Bonchev–Trinajstić information content (AvgIpc) is 2.77. The van der Waals surface area contributed by atoms with Gasteiger partial charge in [-0.15, -0.1) is 11.8 Å². The van der Waals surface area contributed by atoms with E-state index < -0.39 is 42.1 Å². The Labute approximate surface area is 174 Å². The first-order valence-corrected chi connectivity index (χ1v) is 10.8. The van der Waals surface area contributed by atoms with Crippen molar-refractivity contribution in [2.75, 3.05) is 12.4 Å². The summed E-state index contributed by atoms with van der Waals surface area (Å²) in [4.78, 5) is 12.6. The lowest BCUT2D eigenvalue weighted by molar-refractivity contribution is -0.317. The van der Waals surface area contributed by atoms with E-state index in [1.807, 2.05) is 43.3 Å². The van der Waals surface area contributed by atoms with Crippen molar-refractivity contribution in [1.82, 2.24) is 0 Å². The Bertz CT molecular complexity index is 801. The van der Waals surface area contributed by atoms with Gasteiger partial charge in [-0.1, -0.05) is 55.5 Å². The summed E-state index contributed by atoms with van der Waals surface area (Å²) in [5, 5.41) is 11.1. The molecule has 2 saturated heterocycles. The zero-order valence-electron chi connectivity index (χ0n) is 16.0. The van der Waals surface area contributed by atoms with Crippen LogP contribution in [0.5, 0.6) is 0 Å². The highest BCUT2D eigenvalue weighted by atomic mass is 32.2. The second kappa shape index (κ2) is 9.28. The van der Waals surface area contributed by atoms with Gasteiger partial charge in [0.15, 0.2) is 12.4 Å². The molecular formula is C22H24O6S. The molecule has 1 N–H and O–H groups in total. The van der Waals surface area contributed by atoms with Gasteiger partial charge in [-0.3, -0.25) is 0 Å². The number of carbonyl (C=O) groups excluding carboxylic acids is 1. The van der Waals surface area contributed by atoms with Crippen LogP contribution in [0, 0.1) is 0 Å². The molecular weight excluding hydrogens is 392 g/mol. The fourth-order valence-electron chi connectivity index (χ4n) is 3.54. The maximum Gasteiger partial charge on any atom is 0.338 e. The number of aliphatic hydroxyl groups excluding tert-OH is 1. The van der Waals surface area contributed by atoms with Crippen LogP contribution in [-0.4, -0.2) is 53.3 Å². The van der Waals surface area contributed by atoms with Gasteiger partial charge in [0.05, 0.1) is 12.2 Å². The number of hydrogen-bond donors (Lipinski definition) is 1. The fraction of sp³-hybridized carbons (Fsp3) is 0.409. The van der Waals surface area contributed by atoms with Crippen LogP contribution in [0.3, 0.4) is 0 Å². The molecule has 4 rings (SSSR count). The third-order valence-electron chi connectivity index (χ3n) is 4.96. The highest BCUT2D eigenvalue weighted by Gasteiger charge is 2.51. The molecule has 6 nitrogen and oxygen atoms in total. The lowest BCUT2D eigenvalue weighted by Gasteiger charge is -2.47. The van der Waals surface area contributed by atoms with Crippen LogP contribution >= 0.6 is 11.8 Å². The van der Waals surface area contributed by atoms with Gasteiger partial charge in [-0.25, -0.2) is 4.79 Å². The maximum absolute atomic E-state index is 12.6. The summed E-state index contributed by atoms with van der Waals surface area (Å²) in [5.74, 6) is 0.257. The molecule has 0 amide bonds. The molecule has 2 fully saturated rings. The summed E-state index contributed by atoms with van der Waals surface area (Å²) in [7, 11) is 0. The minimum absolute atomic E-state index is 0.293. The van der Waals surface area contributed by atoms with Crippen molar-refractivity contribution < 1.29 is 28.8 Å². The first-order valence-electron chi connectivity index (χ1n) is 9.70. The van der Waals surface area contributed by atoms with Gasteiger partial charge in [0.25, 0.3) is 0 Å². The number of aliphatic hydroxyl groups is 1. The van der Waals surface area contributed by atoms with E-state index >= 15 is 0 Å². The highest BCUT2D eigenvalue weighted by molar-refractivity contribution is 7.99. The van der Waals surface area contributed by atoms with Crippen molar-refractivity contribution in [2.24, 2.45) is 0 Å². The Morgan fingerprint density at radius 1 is 1.10 bits per heavy atom. The Balaban J connectivity index is 1.51. The van der Waals surface area contributed by atoms with Crippen LogP contribution in [0.1, 0.15) is 29.1 Å². The largest absolute Gasteiger partial charge is 0.452 e. The number of benzene rings is 2. The minimum Gasteiger partial charge on any atom is -0.452 e. The average molecular weight is 416 g/mol. The molecule has 0 spiro atoms. The minimum atomic E-state index is -1.03. The number of esters is 1. The molecule has 0 bridgehead atoms. The van der Waals surface area contributed by atoms with E-state index in [1.54, 1.807) is 24.3 Å². The van der Waals surface area contributed by atoms with E-state index in [0.29, 0.717) is 12.2 Å². The van der Waals surface area contributed by atoms with Crippen molar-refractivity contribution >= 4 is 17.7 Å². The van der Waals surface area contributed by atoms with E-state index in [4.69, 9.17) is 18.9 Å². The lowest BCUT2D eigenvalue weighted by Crippen LogP contribution is -2.62. The molecule has 2 heterocycles. The van der Waals surface area contributed by atoms with E-state index in [0.717, 1.165) is 11.3 Å². The maximum atomic E-state index is 12.6. The van der Waals surface area contributed by atoms with Crippen molar-refractivity contribution in [1.29, 1.82) is 0 Å². The molecule has 0 unspecified atom stereocenters. The Kier molecular flexibility index (Phi) is 6.52. The van der Waals surface area contributed by atoms with Gasteiger partial charge in [0, 0.05) is 5.56 Å². The van der Waals surface area contributed by atoms with Gasteiger partial charge in [-0.05, 0) is 17.9 Å². The van der Waals surface area contributed by atoms with Crippen molar-refractivity contribution in [3.8, 4) is 0 Å². The molecule has 2 aromatic carbocycles. The number of fused-ring (bicyclic) bond motifs is 1. The smallest absolute Gasteiger partial charge is 0.338 e. The van der Waals surface area contributed by atoms with Crippen molar-refractivity contribution in [3.05, 3.63) is 71.8 Å². The zero-order valence-corrected chi connectivity index (χ0v) is 16.9. The van der Waals surface area contributed by atoms with Gasteiger partial charge in [-0.2, -0.15) is 0 Å². The molecule has 29 heavy (non-hydrogen) atoms. The summed E-state index contributed by atoms with van der Waals surface area (Å²) >= 11 is 1.48. The first kappa shape index (κ1) is 20.4. The molecule has 2 aliphatic rings. The van der Waals surface area contributed by atoms with Gasteiger partial charge < -0.3 is 24.1 Å². The Morgan fingerprint density at radius 3 is 2.48 bits per heavy atom. The molecule has 2 aliphatic heterocycles.